The Bertz CT molecular complexity index is 177. The number of hydrogen-bond acceptors (Lipinski definition) is 3. The Labute approximate surface area is 106 Å². The van der Waals surface area contributed by atoms with Gasteiger partial charge in [0.1, 0.15) is 0 Å². The van der Waals surface area contributed by atoms with Gasteiger partial charge in [-0.25, -0.2) is 0 Å². The Morgan fingerprint density at radius 1 is 1.29 bits per heavy atom. The fourth-order valence-electron chi connectivity index (χ4n) is 2.56. The van der Waals surface area contributed by atoms with Gasteiger partial charge in [0, 0.05) is 12.1 Å². The van der Waals surface area contributed by atoms with Crippen LogP contribution in [0.3, 0.4) is 0 Å². The van der Waals surface area contributed by atoms with Crippen LogP contribution in [-0.2, 0) is 0 Å². The second-order valence-corrected chi connectivity index (χ2v) is 5.58. The molecule has 0 radical (unpaired) electrons. The Hall–Kier alpha value is -0.120. The molecule has 3 atom stereocenters. The van der Waals surface area contributed by atoms with E-state index in [0.717, 1.165) is 19.4 Å². The Balaban J connectivity index is 2.04. The summed E-state index contributed by atoms with van der Waals surface area (Å²) in [5.74, 6) is 0. The largest absolute Gasteiger partial charge is 0.393 e. The lowest BCUT2D eigenvalue weighted by Gasteiger charge is -2.21. The van der Waals surface area contributed by atoms with Crippen molar-refractivity contribution in [2.24, 2.45) is 0 Å². The van der Waals surface area contributed by atoms with Gasteiger partial charge in [0.05, 0.1) is 6.10 Å². The van der Waals surface area contributed by atoms with Gasteiger partial charge in [-0.15, -0.1) is 0 Å². The van der Waals surface area contributed by atoms with Crippen LogP contribution in [0.1, 0.15) is 58.8 Å². The van der Waals surface area contributed by atoms with E-state index in [-0.39, 0.29) is 6.10 Å². The zero-order valence-electron chi connectivity index (χ0n) is 11.5. The van der Waals surface area contributed by atoms with Gasteiger partial charge in [-0.3, -0.25) is 0 Å². The minimum atomic E-state index is -0.157. The summed E-state index contributed by atoms with van der Waals surface area (Å²) in [5.41, 5.74) is 0. The van der Waals surface area contributed by atoms with Crippen LogP contribution in [0.5, 0.6) is 0 Å². The number of aliphatic hydroxyl groups excluding tert-OH is 1. The summed E-state index contributed by atoms with van der Waals surface area (Å²) >= 11 is 0. The van der Waals surface area contributed by atoms with E-state index in [0.29, 0.717) is 12.1 Å². The third-order valence-electron chi connectivity index (χ3n) is 3.59. The molecular weight excluding hydrogens is 212 g/mol. The molecule has 3 unspecified atom stereocenters. The zero-order valence-corrected chi connectivity index (χ0v) is 11.5. The van der Waals surface area contributed by atoms with Crippen LogP contribution in [0, 0.1) is 0 Å². The molecule has 0 saturated carbocycles. The molecular formula is C14H30N2O. The topological polar surface area (TPSA) is 44.3 Å². The summed E-state index contributed by atoms with van der Waals surface area (Å²) in [6.45, 7) is 6.35. The summed E-state index contributed by atoms with van der Waals surface area (Å²) in [7, 11) is 0. The number of aliphatic hydroxyl groups is 1. The fourth-order valence-corrected chi connectivity index (χ4v) is 2.56. The van der Waals surface area contributed by atoms with E-state index in [9.17, 15) is 5.11 Å². The number of hydrogen-bond donors (Lipinski definition) is 3. The summed E-state index contributed by atoms with van der Waals surface area (Å²) in [6.07, 6.45) is 8.49. The molecule has 1 fully saturated rings. The molecule has 0 amide bonds. The van der Waals surface area contributed by atoms with Gasteiger partial charge in [0.2, 0.25) is 0 Å². The maximum Gasteiger partial charge on any atom is 0.0512 e. The monoisotopic (exact) mass is 242 g/mol. The van der Waals surface area contributed by atoms with Crippen molar-refractivity contribution in [3.63, 3.8) is 0 Å². The highest BCUT2D eigenvalue weighted by Crippen LogP contribution is 2.12. The van der Waals surface area contributed by atoms with Crippen LogP contribution in [-0.4, -0.2) is 36.4 Å². The molecule has 102 valence electrons. The first-order chi connectivity index (χ1) is 8.18. The predicted molar refractivity (Wildman–Crippen MR) is 73.3 cm³/mol. The quantitative estimate of drug-likeness (QED) is 0.599. The molecule has 1 aliphatic rings. The molecule has 0 aliphatic carbocycles. The highest BCUT2D eigenvalue weighted by Gasteiger charge is 2.14. The van der Waals surface area contributed by atoms with Gasteiger partial charge < -0.3 is 15.7 Å². The normalized spacial score (nSPS) is 25.2. The first-order valence-corrected chi connectivity index (χ1v) is 7.33. The SMILES string of the molecule is CC(O)CCCNC(C)CC1CCCCCN1. The minimum absolute atomic E-state index is 0.157. The molecule has 3 heteroatoms. The zero-order chi connectivity index (χ0) is 12.5. The van der Waals surface area contributed by atoms with E-state index in [4.69, 9.17) is 0 Å². The van der Waals surface area contributed by atoms with Crippen LogP contribution in [0.25, 0.3) is 0 Å². The fraction of sp³-hybridized carbons (Fsp3) is 1.00. The second-order valence-electron chi connectivity index (χ2n) is 5.58. The molecule has 3 nitrogen and oxygen atoms in total. The van der Waals surface area contributed by atoms with Crippen molar-refractivity contribution in [3.8, 4) is 0 Å². The van der Waals surface area contributed by atoms with E-state index in [1.165, 1.54) is 38.6 Å². The first-order valence-electron chi connectivity index (χ1n) is 7.33. The molecule has 1 rings (SSSR count). The molecule has 0 spiro atoms. The lowest BCUT2D eigenvalue weighted by atomic mass is 10.0. The highest BCUT2D eigenvalue weighted by molar-refractivity contribution is 4.75. The molecule has 0 bridgehead atoms. The molecule has 0 aromatic heterocycles. The van der Waals surface area contributed by atoms with Crippen molar-refractivity contribution in [1.82, 2.24) is 10.6 Å². The first kappa shape index (κ1) is 14.9. The van der Waals surface area contributed by atoms with Crippen LogP contribution in [0.2, 0.25) is 0 Å². The smallest absolute Gasteiger partial charge is 0.0512 e. The number of rotatable bonds is 7. The van der Waals surface area contributed by atoms with Crippen molar-refractivity contribution >= 4 is 0 Å². The molecule has 3 N–H and O–H groups in total. The van der Waals surface area contributed by atoms with Gasteiger partial charge in [0.25, 0.3) is 0 Å². The van der Waals surface area contributed by atoms with E-state index in [2.05, 4.69) is 17.6 Å². The lowest BCUT2D eigenvalue weighted by Crippen LogP contribution is -2.37. The Kier molecular flexibility index (Phi) is 7.82. The summed E-state index contributed by atoms with van der Waals surface area (Å²) < 4.78 is 0. The van der Waals surface area contributed by atoms with E-state index in [1.54, 1.807) is 0 Å². The molecule has 1 saturated heterocycles. The van der Waals surface area contributed by atoms with Gasteiger partial charge >= 0.3 is 0 Å². The second kappa shape index (κ2) is 8.90. The lowest BCUT2D eigenvalue weighted by molar-refractivity contribution is 0.180. The van der Waals surface area contributed by atoms with E-state index < -0.39 is 0 Å². The average molecular weight is 242 g/mol. The van der Waals surface area contributed by atoms with Crippen LogP contribution < -0.4 is 10.6 Å². The van der Waals surface area contributed by atoms with Gasteiger partial charge in [0.15, 0.2) is 0 Å². The summed E-state index contributed by atoms with van der Waals surface area (Å²) in [6, 6.07) is 1.29. The third-order valence-corrected chi connectivity index (χ3v) is 3.59. The minimum Gasteiger partial charge on any atom is -0.393 e. The van der Waals surface area contributed by atoms with Gasteiger partial charge in [-0.2, -0.15) is 0 Å². The average Bonchev–Trinajstić information content (AvgIpc) is 2.53. The molecule has 17 heavy (non-hydrogen) atoms. The van der Waals surface area contributed by atoms with Gasteiger partial charge in [-0.05, 0) is 59.0 Å². The van der Waals surface area contributed by atoms with Crippen LogP contribution in [0.15, 0.2) is 0 Å². The maximum absolute atomic E-state index is 9.17. The Morgan fingerprint density at radius 3 is 2.88 bits per heavy atom. The van der Waals surface area contributed by atoms with E-state index >= 15 is 0 Å². The predicted octanol–water partition coefficient (Wildman–Crippen LogP) is 2.05. The van der Waals surface area contributed by atoms with Crippen molar-refractivity contribution in [1.29, 1.82) is 0 Å². The highest BCUT2D eigenvalue weighted by atomic mass is 16.3. The Morgan fingerprint density at radius 2 is 2.12 bits per heavy atom. The molecule has 0 aromatic carbocycles. The van der Waals surface area contributed by atoms with Crippen molar-refractivity contribution in [2.75, 3.05) is 13.1 Å². The summed E-state index contributed by atoms with van der Waals surface area (Å²) in [4.78, 5) is 0. The third kappa shape index (κ3) is 7.74. The maximum atomic E-state index is 9.17. The van der Waals surface area contributed by atoms with Crippen molar-refractivity contribution in [3.05, 3.63) is 0 Å². The number of nitrogens with one attached hydrogen (secondary N) is 2. The molecule has 0 aromatic rings. The standard InChI is InChI=1S/C14H30N2O/c1-12(15-10-6-7-13(2)17)11-14-8-4-3-5-9-16-14/h12-17H,3-11H2,1-2H3. The molecule has 1 heterocycles. The molecule has 1 aliphatic heterocycles. The van der Waals surface area contributed by atoms with Gasteiger partial charge in [-0.1, -0.05) is 12.8 Å². The van der Waals surface area contributed by atoms with Crippen molar-refractivity contribution in [2.45, 2.75) is 77.0 Å². The van der Waals surface area contributed by atoms with Crippen LogP contribution in [0.4, 0.5) is 0 Å². The summed E-state index contributed by atoms with van der Waals surface area (Å²) in [5, 5.41) is 16.4. The van der Waals surface area contributed by atoms with Crippen LogP contribution >= 0.6 is 0 Å². The van der Waals surface area contributed by atoms with E-state index in [1.807, 2.05) is 6.92 Å². The van der Waals surface area contributed by atoms with Crippen molar-refractivity contribution < 1.29 is 5.11 Å².